The minimum Gasteiger partial charge on any atom is -0.137 e. The molecule has 0 unspecified atom stereocenters. The van der Waals surface area contributed by atoms with Gasteiger partial charge in [-0.25, -0.2) is 0 Å². The lowest BCUT2D eigenvalue weighted by Gasteiger charge is -2.00. The Bertz CT molecular complexity index is 230. The van der Waals surface area contributed by atoms with Gasteiger partial charge in [0.2, 0.25) is 0 Å². The SMILES string of the molecule is CCn1nn[n+](CC)c1C(C)C. The number of hydrogen-bond acceptors (Lipinski definition) is 2. The van der Waals surface area contributed by atoms with Gasteiger partial charge in [-0.3, -0.25) is 0 Å². The highest BCUT2D eigenvalue weighted by Crippen LogP contribution is 2.07. The van der Waals surface area contributed by atoms with E-state index in [9.17, 15) is 0 Å². The van der Waals surface area contributed by atoms with Crippen LogP contribution in [0.4, 0.5) is 0 Å². The first-order valence-corrected chi connectivity index (χ1v) is 4.54. The van der Waals surface area contributed by atoms with E-state index in [1.165, 1.54) is 5.82 Å². The summed E-state index contributed by atoms with van der Waals surface area (Å²) in [5.41, 5.74) is 0. The number of hydrogen-bond donors (Lipinski definition) is 0. The Morgan fingerprint density at radius 1 is 1.42 bits per heavy atom. The van der Waals surface area contributed by atoms with Gasteiger partial charge < -0.3 is 0 Å². The average Bonchev–Trinajstić information content (AvgIpc) is 2.46. The summed E-state index contributed by atoms with van der Waals surface area (Å²) in [6.45, 7) is 10.3. The number of nitrogens with zero attached hydrogens (tertiary/aromatic N) is 4. The Balaban J connectivity index is 3.07. The molecule has 0 saturated heterocycles. The van der Waals surface area contributed by atoms with Crippen LogP contribution < -0.4 is 4.68 Å². The summed E-state index contributed by atoms with van der Waals surface area (Å²) in [6.07, 6.45) is 0. The first-order valence-electron chi connectivity index (χ1n) is 4.54. The quantitative estimate of drug-likeness (QED) is 0.625. The van der Waals surface area contributed by atoms with Crippen LogP contribution in [0.2, 0.25) is 0 Å². The van der Waals surface area contributed by atoms with Gasteiger partial charge in [-0.2, -0.15) is 0 Å². The van der Waals surface area contributed by atoms with Crippen molar-refractivity contribution >= 4 is 0 Å². The molecule has 0 amide bonds. The van der Waals surface area contributed by atoms with Gasteiger partial charge in [-0.1, -0.05) is 18.5 Å². The monoisotopic (exact) mass is 169 g/mol. The molecule has 0 atom stereocenters. The molecule has 1 aromatic heterocycles. The highest BCUT2D eigenvalue weighted by molar-refractivity contribution is 4.81. The van der Waals surface area contributed by atoms with Gasteiger partial charge in [0, 0.05) is 5.92 Å². The molecule has 1 aromatic rings. The molecule has 4 nitrogen and oxygen atoms in total. The number of aryl methyl sites for hydroxylation is 2. The second kappa shape index (κ2) is 3.65. The average molecular weight is 169 g/mol. The van der Waals surface area contributed by atoms with Crippen LogP contribution in [-0.2, 0) is 13.1 Å². The lowest BCUT2D eigenvalue weighted by atomic mass is 10.2. The van der Waals surface area contributed by atoms with Crippen molar-refractivity contribution in [2.75, 3.05) is 0 Å². The van der Waals surface area contributed by atoms with E-state index in [4.69, 9.17) is 0 Å². The lowest BCUT2D eigenvalue weighted by molar-refractivity contribution is -0.759. The van der Waals surface area contributed by atoms with E-state index in [1.807, 2.05) is 9.36 Å². The van der Waals surface area contributed by atoms with Crippen molar-refractivity contribution in [2.24, 2.45) is 0 Å². The summed E-state index contributed by atoms with van der Waals surface area (Å²) in [7, 11) is 0. The fourth-order valence-corrected chi connectivity index (χ4v) is 1.37. The number of aromatic nitrogens is 4. The van der Waals surface area contributed by atoms with E-state index in [0.717, 1.165) is 13.1 Å². The standard InChI is InChI=1S/C8H17N4/c1-5-11-8(7(3)4)12(6-2)10-9-11/h7H,5-6H2,1-4H3/q+1. The van der Waals surface area contributed by atoms with Crippen molar-refractivity contribution in [2.45, 2.75) is 46.7 Å². The van der Waals surface area contributed by atoms with Crippen molar-refractivity contribution in [3.05, 3.63) is 5.82 Å². The molecule has 0 N–H and O–H groups in total. The fraction of sp³-hybridized carbons (Fsp3) is 0.875. The van der Waals surface area contributed by atoms with E-state index in [2.05, 4.69) is 38.1 Å². The molecular formula is C8H17N4+. The molecule has 0 spiro atoms. The zero-order chi connectivity index (χ0) is 9.14. The highest BCUT2D eigenvalue weighted by atomic mass is 15.6. The predicted molar refractivity (Wildman–Crippen MR) is 45.7 cm³/mol. The van der Waals surface area contributed by atoms with Gasteiger partial charge >= 0.3 is 0 Å². The first-order chi connectivity index (χ1) is 5.70. The molecule has 12 heavy (non-hydrogen) atoms. The summed E-state index contributed by atoms with van der Waals surface area (Å²) in [5, 5.41) is 8.11. The van der Waals surface area contributed by atoms with Crippen LogP contribution in [0.5, 0.6) is 0 Å². The molecular weight excluding hydrogens is 152 g/mol. The van der Waals surface area contributed by atoms with Crippen molar-refractivity contribution in [3.63, 3.8) is 0 Å². The van der Waals surface area contributed by atoms with E-state index < -0.39 is 0 Å². The van der Waals surface area contributed by atoms with Crippen LogP contribution in [0.1, 0.15) is 39.4 Å². The molecule has 0 bridgehead atoms. The maximum atomic E-state index is 4.06. The Morgan fingerprint density at radius 3 is 2.50 bits per heavy atom. The lowest BCUT2D eigenvalue weighted by Crippen LogP contribution is -2.40. The van der Waals surface area contributed by atoms with Crippen molar-refractivity contribution in [1.82, 2.24) is 15.1 Å². The summed E-state index contributed by atoms with van der Waals surface area (Å²) < 4.78 is 3.91. The summed E-state index contributed by atoms with van der Waals surface area (Å²) >= 11 is 0. The Kier molecular flexibility index (Phi) is 2.78. The van der Waals surface area contributed by atoms with Gasteiger partial charge in [0.15, 0.2) is 5.21 Å². The Morgan fingerprint density at radius 2 is 2.08 bits per heavy atom. The second-order valence-corrected chi connectivity index (χ2v) is 3.12. The van der Waals surface area contributed by atoms with Crippen molar-refractivity contribution in [3.8, 4) is 0 Å². The first kappa shape index (κ1) is 9.16. The molecule has 1 rings (SSSR count). The van der Waals surface area contributed by atoms with Gasteiger partial charge in [-0.05, 0) is 13.8 Å². The van der Waals surface area contributed by atoms with Crippen LogP contribution in [0.3, 0.4) is 0 Å². The molecule has 0 saturated carbocycles. The maximum absolute atomic E-state index is 4.06. The third-order valence-electron chi connectivity index (χ3n) is 1.90. The molecule has 0 fully saturated rings. The van der Waals surface area contributed by atoms with E-state index >= 15 is 0 Å². The maximum Gasteiger partial charge on any atom is 0.259 e. The normalized spacial score (nSPS) is 11.1. The van der Waals surface area contributed by atoms with Crippen LogP contribution in [0.15, 0.2) is 0 Å². The minimum atomic E-state index is 0.486. The van der Waals surface area contributed by atoms with Crippen molar-refractivity contribution in [1.29, 1.82) is 0 Å². The van der Waals surface area contributed by atoms with Crippen molar-refractivity contribution < 1.29 is 4.68 Å². The zero-order valence-electron chi connectivity index (χ0n) is 8.28. The Labute approximate surface area is 73.2 Å². The molecule has 0 aliphatic carbocycles. The third-order valence-corrected chi connectivity index (χ3v) is 1.90. The van der Waals surface area contributed by atoms with E-state index in [0.29, 0.717) is 5.92 Å². The fourth-order valence-electron chi connectivity index (χ4n) is 1.37. The molecule has 1 heterocycles. The summed E-state index contributed by atoms with van der Waals surface area (Å²) in [6, 6.07) is 0. The van der Waals surface area contributed by atoms with Crippen LogP contribution in [0.25, 0.3) is 0 Å². The molecule has 0 aliphatic rings. The zero-order valence-corrected chi connectivity index (χ0v) is 8.28. The molecule has 0 radical (unpaired) electrons. The largest absolute Gasteiger partial charge is 0.259 e. The van der Waals surface area contributed by atoms with Gasteiger partial charge in [0.1, 0.15) is 11.8 Å². The molecule has 4 heteroatoms. The molecule has 68 valence electrons. The molecule has 0 aromatic carbocycles. The minimum absolute atomic E-state index is 0.486. The summed E-state index contributed by atoms with van der Waals surface area (Å²) in [5.74, 6) is 1.69. The Hall–Kier alpha value is -0.930. The number of tetrazole rings is 1. The summed E-state index contributed by atoms with van der Waals surface area (Å²) in [4.78, 5) is 0. The van der Waals surface area contributed by atoms with Gasteiger partial charge in [0.25, 0.3) is 5.82 Å². The van der Waals surface area contributed by atoms with E-state index in [1.54, 1.807) is 0 Å². The number of rotatable bonds is 3. The second-order valence-electron chi connectivity index (χ2n) is 3.12. The predicted octanol–water partition coefficient (Wildman–Crippen LogP) is 0.729. The third kappa shape index (κ3) is 1.47. The molecule has 0 aliphatic heterocycles. The van der Waals surface area contributed by atoms with Crippen LogP contribution in [0, 0.1) is 0 Å². The van der Waals surface area contributed by atoms with E-state index in [-0.39, 0.29) is 0 Å². The van der Waals surface area contributed by atoms with Crippen LogP contribution in [-0.4, -0.2) is 15.1 Å². The smallest absolute Gasteiger partial charge is 0.137 e. The topological polar surface area (TPSA) is 34.6 Å². The van der Waals surface area contributed by atoms with Gasteiger partial charge in [0.05, 0.1) is 6.54 Å². The van der Waals surface area contributed by atoms with Gasteiger partial charge in [-0.15, -0.1) is 4.68 Å². The van der Waals surface area contributed by atoms with Crippen LogP contribution >= 0.6 is 0 Å². The highest BCUT2D eigenvalue weighted by Gasteiger charge is 2.20.